The molecule has 6 nitrogen and oxygen atoms in total. The maximum absolute atomic E-state index is 14.1. The third kappa shape index (κ3) is 6.19. The van der Waals surface area contributed by atoms with Gasteiger partial charge in [0, 0.05) is 0 Å². The van der Waals surface area contributed by atoms with E-state index < -0.39 is 27.4 Å². The molecule has 158 valence electrons. The van der Waals surface area contributed by atoms with E-state index in [4.69, 9.17) is 4.74 Å². The molecule has 0 aliphatic rings. The molecule has 0 radical (unpaired) electrons. The summed E-state index contributed by atoms with van der Waals surface area (Å²) in [5.74, 6) is -1.97. The van der Waals surface area contributed by atoms with E-state index in [1.54, 1.807) is 0 Å². The predicted molar refractivity (Wildman–Crippen MR) is 110 cm³/mol. The minimum atomic E-state index is -4.09. The van der Waals surface area contributed by atoms with E-state index in [0.29, 0.717) is 12.4 Å². The molecule has 0 heterocycles. The van der Waals surface area contributed by atoms with Crippen LogP contribution >= 0.6 is 0 Å². The van der Waals surface area contributed by atoms with Gasteiger partial charge in [0.05, 0.1) is 17.2 Å². The Morgan fingerprint density at radius 1 is 1.07 bits per heavy atom. The number of carboxylic acids is 1. The summed E-state index contributed by atoms with van der Waals surface area (Å²) in [4.78, 5) is 11.3. The number of nitrogens with one attached hydrogen (secondary N) is 1. The highest BCUT2D eigenvalue weighted by Crippen LogP contribution is 2.25. The smallest absolute Gasteiger partial charge is 0.340 e. The number of hydrogen-bond donors (Lipinski definition) is 2. The molecule has 0 aromatic heterocycles. The van der Waals surface area contributed by atoms with Crippen LogP contribution in [-0.4, -0.2) is 26.1 Å². The summed E-state index contributed by atoms with van der Waals surface area (Å²) in [6.07, 6.45) is 5.56. The lowest BCUT2D eigenvalue weighted by atomic mass is 10.1. The number of aryl methyl sites for hydroxylation is 1. The number of carboxylic acid groups (broad SMARTS) is 1. The molecule has 8 heteroatoms. The minimum absolute atomic E-state index is 0.0786. The number of hydrogen-bond acceptors (Lipinski definition) is 4. The third-order valence-electron chi connectivity index (χ3n) is 4.44. The molecule has 2 aromatic carbocycles. The van der Waals surface area contributed by atoms with Crippen LogP contribution in [0.2, 0.25) is 0 Å². The number of benzene rings is 2. The zero-order chi connectivity index (χ0) is 21.4. The molecule has 2 aromatic rings. The fourth-order valence-corrected chi connectivity index (χ4v) is 3.86. The first-order valence-electron chi connectivity index (χ1n) is 9.54. The Hall–Kier alpha value is -2.61. The molecule has 0 amide bonds. The van der Waals surface area contributed by atoms with Crippen LogP contribution < -0.4 is 9.46 Å². The average Bonchev–Trinajstić information content (AvgIpc) is 2.67. The average molecular weight is 424 g/mol. The molecule has 0 saturated carbocycles. The van der Waals surface area contributed by atoms with E-state index in [2.05, 4.69) is 11.6 Å². The quantitative estimate of drug-likeness (QED) is 0.497. The molecule has 0 aliphatic heterocycles. The topological polar surface area (TPSA) is 92.7 Å². The molecule has 0 saturated heterocycles. The number of aromatic carboxylic acids is 1. The second-order valence-electron chi connectivity index (χ2n) is 6.76. The first-order chi connectivity index (χ1) is 13.8. The zero-order valence-corrected chi connectivity index (χ0v) is 17.4. The Bertz CT molecular complexity index is 942. The Morgan fingerprint density at radius 3 is 2.34 bits per heavy atom. The molecule has 2 N–H and O–H groups in total. The van der Waals surface area contributed by atoms with E-state index in [-0.39, 0.29) is 16.1 Å². The van der Waals surface area contributed by atoms with Crippen LogP contribution in [0.15, 0.2) is 41.3 Å². The van der Waals surface area contributed by atoms with Crippen LogP contribution in [0.5, 0.6) is 5.75 Å². The van der Waals surface area contributed by atoms with Crippen molar-refractivity contribution in [2.45, 2.75) is 50.8 Å². The molecular formula is C21H26FNO5S. The molecule has 29 heavy (non-hydrogen) atoms. The minimum Gasteiger partial charge on any atom is -0.494 e. The standard InChI is InChI=1S/C21H26FNO5S/c1-3-4-5-6-7-14-28-16-9-11-17(12-10-16)29(26,27)23-18-13-8-15(2)20(22)19(18)21(24)25/h8-13,23H,3-7,14H2,1-2H3,(H,24,25). The number of unbranched alkanes of at least 4 members (excludes halogenated alkanes) is 4. The molecule has 0 aliphatic carbocycles. The van der Waals surface area contributed by atoms with E-state index in [1.807, 2.05) is 0 Å². The van der Waals surface area contributed by atoms with E-state index in [1.165, 1.54) is 62.6 Å². The summed E-state index contributed by atoms with van der Waals surface area (Å²) in [6, 6.07) is 8.34. The molecule has 0 spiro atoms. The van der Waals surface area contributed by atoms with Crippen molar-refractivity contribution in [3.63, 3.8) is 0 Å². The Kier molecular flexibility index (Phi) is 8.01. The highest BCUT2D eigenvalue weighted by Gasteiger charge is 2.22. The van der Waals surface area contributed by atoms with Crippen molar-refractivity contribution in [1.29, 1.82) is 0 Å². The van der Waals surface area contributed by atoms with Gasteiger partial charge in [-0.25, -0.2) is 17.6 Å². The Balaban J connectivity index is 2.07. The van der Waals surface area contributed by atoms with Gasteiger partial charge in [-0.05, 0) is 49.2 Å². The summed E-state index contributed by atoms with van der Waals surface area (Å²) in [7, 11) is -4.09. The van der Waals surface area contributed by atoms with Gasteiger partial charge in [0.25, 0.3) is 10.0 Å². The molecule has 0 atom stereocenters. The number of anilines is 1. The van der Waals surface area contributed by atoms with Gasteiger partial charge in [0.15, 0.2) is 0 Å². The van der Waals surface area contributed by atoms with Crippen molar-refractivity contribution < 1.29 is 27.4 Å². The number of sulfonamides is 1. The molecule has 2 rings (SSSR count). The van der Waals surface area contributed by atoms with Crippen LogP contribution in [0, 0.1) is 12.7 Å². The third-order valence-corrected chi connectivity index (χ3v) is 5.83. The van der Waals surface area contributed by atoms with Gasteiger partial charge in [0.1, 0.15) is 17.1 Å². The maximum atomic E-state index is 14.1. The van der Waals surface area contributed by atoms with Crippen molar-refractivity contribution in [1.82, 2.24) is 0 Å². The van der Waals surface area contributed by atoms with Gasteiger partial charge in [-0.2, -0.15) is 0 Å². The summed E-state index contributed by atoms with van der Waals surface area (Å²) in [5.41, 5.74) is -0.925. The van der Waals surface area contributed by atoms with Gasteiger partial charge < -0.3 is 9.84 Å². The van der Waals surface area contributed by atoms with Gasteiger partial charge in [-0.15, -0.1) is 0 Å². The second-order valence-corrected chi connectivity index (χ2v) is 8.45. The lowest BCUT2D eigenvalue weighted by Crippen LogP contribution is -2.17. The number of halogens is 1. The number of carbonyl (C=O) groups is 1. The van der Waals surface area contributed by atoms with Gasteiger partial charge in [-0.3, -0.25) is 4.72 Å². The van der Waals surface area contributed by atoms with Gasteiger partial charge in [-0.1, -0.05) is 38.7 Å². The fraction of sp³-hybridized carbons (Fsp3) is 0.381. The lowest BCUT2D eigenvalue weighted by Gasteiger charge is -2.13. The molecule has 0 unspecified atom stereocenters. The van der Waals surface area contributed by atoms with E-state index >= 15 is 0 Å². The summed E-state index contributed by atoms with van der Waals surface area (Å²) in [6.45, 7) is 4.11. The summed E-state index contributed by atoms with van der Waals surface area (Å²) in [5, 5.41) is 9.23. The van der Waals surface area contributed by atoms with Crippen molar-refractivity contribution in [3.8, 4) is 5.75 Å². The van der Waals surface area contributed by atoms with Gasteiger partial charge >= 0.3 is 5.97 Å². The fourth-order valence-electron chi connectivity index (χ4n) is 2.79. The van der Waals surface area contributed by atoms with Crippen LogP contribution in [0.25, 0.3) is 0 Å². The SMILES string of the molecule is CCCCCCCOc1ccc(S(=O)(=O)Nc2ccc(C)c(F)c2C(=O)O)cc1. The van der Waals surface area contributed by atoms with E-state index in [0.717, 1.165) is 12.8 Å². The number of rotatable bonds is 11. The highest BCUT2D eigenvalue weighted by atomic mass is 32.2. The monoisotopic (exact) mass is 423 g/mol. The van der Waals surface area contributed by atoms with E-state index in [9.17, 15) is 22.7 Å². The second kappa shape index (κ2) is 10.2. The van der Waals surface area contributed by atoms with Gasteiger partial charge in [0.2, 0.25) is 0 Å². The van der Waals surface area contributed by atoms with Crippen molar-refractivity contribution in [2.75, 3.05) is 11.3 Å². The molecule has 0 bridgehead atoms. The highest BCUT2D eigenvalue weighted by molar-refractivity contribution is 7.92. The van der Waals surface area contributed by atoms with Crippen molar-refractivity contribution in [3.05, 3.63) is 53.3 Å². The van der Waals surface area contributed by atoms with Crippen LogP contribution in [-0.2, 0) is 10.0 Å². The first kappa shape index (κ1) is 22.7. The largest absolute Gasteiger partial charge is 0.494 e. The number of ether oxygens (including phenoxy) is 1. The predicted octanol–water partition coefficient (Wildman–Crippen LogP) is 4.98. The zero-order valence-electron chi connectivity index (χ0n) is 16.6. The van der Waals surface area contributed by atoms with Crippen molar-refractivity contribution in [2.24, 2.45) is 0 Å². The van der Waals surface area contributed by atoms with Crippen LogP contribution in [0.1, 0.15) is 54.9 Å². The van der Waals surface area contributed by atoms with Crippen LogP contribution in [0.4, 0.5) is 10.1 Å². The Labute approximate surface area is 170 Å². The lowest BCUT2D eigenvalue weighted by molar-refractivity contribution is 0.0693. The summed E-state index contributed by atoms with van der Waals surface area (Å²) >= 11 is 0. The first-order valence-corrected chi connectivity index (χ1v) is 11.0. The summed E-state index contributed by atoms with van der Waals surface area (Å²) < 4.78 is 47.0. The van der Waals surface area contributed by atoms with Crippen molar-refractivity contribution >= 4 is 21.7 Å². The normalized spacial score (nSPS) is 11.3. The molecular weight excluding hydrogens is 397 g/mol. The maximum Gasteiger partial charge on any atom is 0.340 e. The van der Waals surface area contributed by atoms with Crippen LogP contribution in [0.3, 0.4) is 0 Å². The molecule has 0 fully saturated rings. The Morgan fingerprint density at radius 2 is 1.72 bits per heavy atom.